The number of nitrogens with one attached hydrogen (secondary N) is 1. The molecule has 0 saturated heterocycles. The van der Waals surface area contributed by atoms with Crippen LogP contribution in [0.1, 0.15) is 40.8 Å². The number of rotatable bonds is 7. The molecular weight excluding hydrogens is 384 g/mol. The minimum atomic E-state index is -0.817. The standard InChI is InChI=1S/C23H22N2O3S/c1-14-22(16-8-3-4-9-17(16)24-14)23(27)15(2)28-21(26)13-7-12-20-25-18-10-5-6-11-19(18)29-20/h3-6,8-11,15,24H,7,12-13H2,1-2H3/t15-/m0/s1. The molecule has 2 heterocycles. The fourth-order valence-electron chi connectivity index (χ4n) is 3.52. The molecule has 0 aliphatic carbocycles. The van der Waals surface area contributed by atoms with E-state index in [1.807, 2.05) is 55.5 Å². The second-order valence-electron chi connectivity index (χ2n) is 7.10. The van der Waals surface area contributed by atoms with Crippen molar-refractivity contribution in [1.29, 1.82) is 0 Å². The van der Waals surface area contributed by atoms with Gasteiger partial charge in [-0.15, -0.1) is 11.3 Å². The number of carbonyl (C=O) groups excluding carboxylic acids is 2. The van der Waals surface area contributed by atoms with Crippen molar-refractivity contribution in [2.24, 2.45) is 0 Å². The van der Waals surface area contributed by atoms with Crippen LogP contribution in [0.3, 0.4) is 0 Å². The van der Waals surface area contributed by atoms with Gasteiger partial charge in [-0.1, -0.05) is 30.3 Å². The molecule has 2 aromatic heterocycles. The molecule has 0 aliphatic heterocycles. The summed E-state index contributed by atoms with van der Waals surface area (Å²) >= 11 is 1.65. The summed E-state index contributed by atoms with van der Waals surface area (Å²) in [5.74, 6) is -0.538. The monoisotopic (exact) mass is 406 g/mol. The molecule has 4 aromatic rings. The van der Waals surface area contributed by atoms with Gasteiger partial charge in [0.05, 0.1) is 15.2 Å². The lowest BCUT2D eigenvalue weighted by molar-refractivity contribution is -0.146. The molecule has 0 bridgehead atoms. The van der Waals surface area contributed by atoms with Crippen LogP contribution in [0, 0.1) is 6.92 Å². The van der Waals surface area contributed by atoms with Crippen LogP contribution < -0.4 is 0 Å². The Morgan fingerprint density at radius 3 is 2.72 bits per heavy atom. The van der Waals surface area contributed by atoms with Crippen molar-refractivity contribution in [3.05, 3.63) is 64.8 Å². The topological polar surface area (TPSA) is 72.1 Å². The van der Waals surface area contributed by atoms with Gasteiger partial charge in [0.1, 0.15) is 0 Å². The van der Waals surface area contributed by atoms with Crippen LogP contribution in [0.4, 0.5) is 0 Å². The number of fused-ring (bicyclic) bond motifs is 2. The summed E-state index contributed by atoms with van der Waals surface area (Å²) in [6.45, 7) is 3.49. The quantitative estimate of drug-likeness (QED) is 0.337. The number of para-hydroxylation sites is 2. The molecule has 2 aromatic carbocycles. The van der Waals surface area contributed by atoms with E-state index in [4.69, 9.17) is 4.74 Å². The number of hydrogen-bond donors (Lipinski definition) is 1. The smallest absolute Gasteiger partial charge is 0.306 e. The van der Waals surface area contributed by atoms with Crippen molar-refractivity contribution >= 4 is 44.2 Å². The molecule has 4 rings (SSSR count). The van der Waals surface area contributed by atoms with E-state index >= 15 is 0 Å². The molecule has 0 spiro atoms. The van der Waals surface area contributed by atoms with Crippen LogP contribution in [0.15, 0.2) is 48.5 Å². The number of aromatic nitrogens is 2. The largest absolute Gasteiger partial charge is 0.454 e. The highest BCUT2D eigenvalue weighted by Crippen LogP contribution is 2.25. The lowest BCUT2D eigenvalue weighted by Gasteiger charge is -2.12. The fraction of sp³-hybridized carbons (Fsp3) is 0.261. The summed E-state index contributed by atoms with van der Waals surface area (Å²) in [6, 6.07) is 15.6. The minimum Gasteiger partial charge on any atom is -0.454 e. The van der Waals surface area contributed by atoms with Crippen LogP contribution in [-0.2, 0) is 16.0 Å². The number of nitrogens with zero attached hydrogens (tertiary/aromatic N) is 1. The second-order valence-corrected chi connectivity index (χ2v) is 8.21. The number of thiazole rings is 1. The maximum absolute atomic E-state index is 12.9. The lowest BCUT2D eigenvalue weighted by atomic mass is 10.0. The molecule has 1 atom stereocenters. The highest BCUT2D eigenvalue weighted by atomic mass is 32.1. The molecular formula is C23H22N2O3S. The number of aryl methyl sites for hydroxylation is 2. The third kappa shape index (κ3) is 4.07. The van der Waals surface area contributed by atoms with E-state index in [9.17, 15) is 9.59 Å². The van der Waals surface area contributed by atoms with Gasteiger partial charge in [0.25, 0.3) is 0 Å². The van der Waals surface area contributed by atoms with Crippen LogP contribution in [0.2, 0.25) is 0 Å². The Balaban J connectivity index is 1.34. The van der Waals surface area contributed by atoms with Crippen molar-refractivity contribution in [3.8, 4) is 0 Å². The number of ketones is 1. The Bertz CT molecular complexity index is 1160. The summed E-state index contributed by atoms with van der Waals surface area (Å²) in [7, 11) is 0. The summed E-state index contributed by atoms with van der Waals surface area (Å²) in [5, 5.41) is 1.87. The first-order chi connectivity index (χ1) is 14.0. The number of benzene rings is 2. The van der Waals surface area contributed by atoms with Gasteiger partial charge in [-0.05, 0) is 44.9 Å². The Morgan fingerprint density at radius 1 is 1.14 bits per heavy atom. The average molecular weight is 407 g/mol. The molecule has 0 radical (unpaired) electrons. The SMILES string of the molecule is Cc1[nH]c2ccccc2c1C(=O)[C@H](C)OC(=O)CCCc1nc2ccccc2s1. The number of ether oxygens (including phenoxy) is 1. The van der Waals surface area contributed by atoms with Gasteiger partial charge >= 0.3 is 5.97 Å². The molecule has 5 nitrogen and oxygen atoms in total. The van der Waals surface area contributed by atoms with E-state index in [-0.39, 0.29) is 18.2 Å². The van der Waals surface area contributed by atoms with E-state index < -0.39 is 6.10 Å². The van der Waals surface area contributed by atoms with Crippen molar-refractivity contribution in [1.82, 2.24) is 9.97 Å². The number of H-pyrrole nitrogens is 1. The van der Waals surface area contributed by atoms with Crippen LogP contribution in [-0.4, -0.2) is 27.8 Å². The summed E-state index contributed by atoms with van der Waals surface area (Å²) in [6.07, 6.45) is 0.813. The van der Waals surface area contributed by atoms with E-state index in [2.05, 4.69) is 9.97 Å². The minimum absolute atomic E-state index is 0.181. The molecule has 0 saturated carbocycles. The maximum atomic E-state index is 12.9. The van der Waals surface area contributed by atoms with Crippen LogP contribution >= 0.6 is 11.3 Å². The molecule has 29 heavy (non-hydrogen) atoms. The molecule has 0 amide bonds. The maximum Gasteiger partial charge on any atom is 0.306 e. The first kappa shape index (κ1) is 19.3. The Labute approximate surface area is 172 Å². The zero-order valence-corrected chi connectivity index (χ0v) is 17.2. The number of hydrogen-bond acceptors (Lipinski definition) is 5. The van der Waals surface area contributed by atoms with Crippen LogP contribution in [0.25, 0.3) is 21.1 Å². The summed E-state index contributed by atoms with van der Waals surface area (Å²) < 4.78 is 6.57. The predicted molar refractivity (Wildman–Crippen MR) is 115 cm³/mol. The van der Waals surface area contributed by atoms with E-state index in [1.165, 1.54) is 0 Å². The van der Waals surface area contributed by atoms with Crippen molar-refractivity contribution in [2.75, 3.05) is 0 Å². The van der Waals surface area contributed by atoms with Gasteiger partial charge in [0.15, 0.2) is 6.10 Å². The van der Waals surface area contributed by atoms with E-state index in [0.717, 1.165) is 38.2 Å². The Hall–Kier alpha value is -2.99. The summed E-state index contributed by atoms with van der Waals surface area (Å²) in [5.41, 5.74) is 3.27. The molecule has 0 aliphatic rings. The van der Waals surface area contributed by atoms with Crippen molar-refractivity contribution < 1.29 is 14.3 Å². The number of Topliss-reactive ketones (excluding diaryl/α,β-unsaturated/α-hetero) is 1. The Kier molecular flexibility index (Phi) is 5.45. The third-order valence-electron chi connectivity index (χ3n) is 4.93. The second kappa shape index (κ2) is 8.17. The van der Waals surface area contributed by atoms with Gasteiger partial charge in [-0.3, -0.25) is 9.59 Å². The van der Waals surface area contributed by atoms with E-state index in [1.54, 1.807) is 18.3 Å². The average Bonchev–Trinajstić information content (AvgIpc) is 3.26. The van der Waals surface area contributed by atoms with Gasteiger partial charge < -0.3 is 9.72 Å². The number of carbonyl (C=O) groups is 2. The fourth-order valence-corrected chi connectivity index (χ4v) is 4.53. The zero-order chi connectivity index (χ0) is 20.4. The highest BCUT2D eigenvalue weighted by molar-refractivity contribution is 7.18. The molecule has 0 fully saturated rings. The number of esters is 1. The van der Waals surface area contributed by atoms with Crippen molar-refractivity contribution in [2.45, 2.75) is 39.2 Å². The first-order valence-corrected chi connectivity index (χ1v) is 10.5. The van der Waals surface area contributed by atoms with Crippen molar-refractivity contribution in [3.63, 3.8) is 0 Å². The van der Waals surface area contributed by atoms with E-state index in [0.29, 0.717) is 12.0 Å². The lowest BCUT2D eigenvalue weighted by Crippen LogP contribution is -2.24. The highest BCUT2D eigenvalue weighted by Gasteiger charge is 2.24. The summed E-state index contributed by atoms with van der Waals surface area (Å²) in [4.78, 5) is 32.9. The third-order valence-corrected chi connectivity index (χ3v) is 6.02. The Morgan fingerprint density at radius 2 is 1.90 bits per heavy atom. The molecule has 6 heteroatoms. The van der Waals surface area contributed by atoms with Gasteiger partial charge in [-0.2, -0.15) is 0 Å². The molecule has 1 N–H and O–H groups in total. The number of aromatic amines is 1. The molecule has 148 valence electrons. The van der Waals surface area contributed by atoms with Crippen LogP contribution in [0.5, 0.6) is 0 Å². The predicted octanol–water partition coefficient (Wildman–Crippen LogP) is 5.22. The normalized spacial score (nSPS) is 12.3. The first-order valence-electron chi connectivity index (χ1n) is 9.68. The van der Waals surface area contributed by atoms with Gasteiger partial charge in [-0.25, -0.2) is 4.98 Å². The van der Waals surface area contributed by atoms with Gasteiger partial charge in [0.2, 0.25) is 5.78 Å². The zero-order valence-electron chi connectivity index (χ0n) is 16.4. The van der Waals surface area contributed by atoms with Gasteiger partial charge in [0, 0.05) is 28.6 Å². The molecule has 0 unspecified atom stereocenters.